The fraction of sp³-hybridized carbons (Fsp3) is 0.312. The van der Waals surface area contributed by atoms with Gasteiger partial charge in [0.15, 0.2) is 0 Å². The molecule has 0 saturated heterocycles. The Morgan fingerprint density at radius 3 is 2.52 bits per heavy atom. The highest BCUT2D eigenvalue weighted by Crippen LogP contribution is 2.30. The number of aliphatic hydroxyl groups is 1. The number of aromatic amines is 2. The number of likely N-dealkylation sites (N-methyl/N-ethyl adjacent to an activating group) is 1. The molecule has 1 aromatic carbocycles. The minimum Gasteiger partial charge on any atom is -0.618 e. The lowest BCUT2D eigenvalue weighted by Crippen LogP contribution is -2.41. The van der Waals surface area contributed by atoms with Crippen molar-refractivity contribution in [1.29, 1.82) is 0 Å². The molecule has 1 atom stereocenters. The van der Waals surface area contributed by atoms with Crippen LogP contribution in [-0.2, 0) is 0 Å². The molecule has 0 amide bonds. The molecule has 3 N–H and O–H groups in total. The molecule has 0 saturated carbocycles. The van der Waals surface area contributed by atoms with E-state index >= 15 is 0 Å². The molecule has 25 heavy (non-hydrogen) atoms. The van der Waals surface area contributed by atoms with Gasteiger partial charge < -0.3 is 14.8 Å². The molecule has 132 valence electrons. The van der Waals surface area contributed by atoms with Gasteiger partial charge in [-0.3, -0.25) is 19.8 Å². The summed E-state index contributed by atoms with van der Waals surface area (Å²) in [5.41, 5.74) is -1.35. The van der Waals surface area contributed by atoms with Crippen LogP contribution in [0.3, 0.4) is 0 Å². The van der Waals surface area contributed by atoms with E-state index in [0.717, 1.165) is 0 Å². The summed E-state index contributed by atoms with van der Waals surface area (Å²) in [7, 11) is 5.65. The summed E-state index contributed by atoms with van der Waals surface area (Å²) in [6, 6.07) is 4.49. The Labute approximate surface area is 147 Å². The zero-order valence-electron chi connectivity index (χ0n) is 14.0. The third-order valence-corrected chi connectivity index (χ3v) is 4.20. The maximum atomic E-state index is 12.6. The number of nitrogens with one attached hydrogen (secondary N) is 2. The molecule has 0 bridgehead atoms. The van der Waals surface area contributed by atoms with Crippen LogP contribution in [0.25, 0.3) is 21.8 Å². The van der Waals surface area contributed by atoms with E-state index in [0.29, 0.717) is 19.6 Å². The Kier molecular flexibility index (Phi) is 4.06. The Hall–Kier alpha value is -2.42. The maximum Gasteiger partial charge on any atom is 0.336 e. The molecule has 0 aliphatic heterocycles. The third-order valence-electron chi connectivity index (χ3n) is 3.96. The lowest BCUT2D eigenvalue weighted by atomic mass is 9.98. The van der Waals surface area contributed by atoms with Crippen molar-refractivity contribution >= 4 is 33.4 Å². The molecule has 9 heteroatoms. The van der Waals surface area contributed by atoms with E-state index in [9.17, 15) is 19.9 Å². The Morgan fingerprint density at radius 2 is 1.88 bits per heavy atom. The standard InChI is InChI=1S/C16H17ClN4O4/c1-21(2,3)7-11(22)12-9-6-8(17)4-5-10(9)20(25)14-13(12)15(23)18-19-16(14)24/h4-6,11,22H,7H2,1-3H3,(H-,18,19,23,24)/p+1. The van der Waals surface area contributed by atoms with Crippen molar-refractivity contribution in [3.8, 4) is 0 Å². The van der Waals surface area contributed by atoms with Gasteiger partial charge >= 0.3 is 5.56 Å². The van der Waals surface area contributed by atoms with Crippen molar-refractivity contribution in [3.05, 3.63) is 54.7 Å². The van der Waals surface area contributed by atoms with Gasteiger partial charge in [0.1, 0.15) is 18.0 Å². The molecule has 1 unspecified atom stereocenters. The van der Waals surface area contributed by atoms with Gasteiger partial charge in [-0.25, -0.2) is 0 Å². The summed E-state index contributed by atoms with van der Waals surface area (Å²) in [5.74, 6) is 0. The van der Waals surface area contributed by atoms with Crippen LogP contribution in [0.1, 0.15) is 11.7 Å². The summed E-state index contributed by atoms with van der Waals surface area (Å²) in [6.07, 6.45) is -1.08. The summed E-state index contributed by atoms with van der Waals surface area (Å²) in [6.45, 7) is 0.270. The first kappa shape index (κ1) is 17.4. The summed E-state index contributed by atoms with van der Waals surface area (Å²) >= 11 is 6.05. The number of aromatic nitrogens is 3. The second kappa shape index (κ2) is 5.83. The van der Waals surface area contributed by atoms with Crippen molar-refractivity contribution in [2.45, 2.75) is 6.10 Å². The second-order valence-corrected chi connectivity index (χ2v) is 7.43. The highest BCUT2D eigenvalue weighted by atomic mass is 35.5. The van der Waals surface area contributed by atoms with Gasteiger partial charge in [-0.2, -0.15) is 4.73 Å². The number of hydrogen-bond donors (Lipinski definition) is 3. The predicted octanol–water partition coefficient (Wildman–Crippen LogP) is 0.396. The largest absolute Gasteiger partial charge is 0.618 e. The average Bonchev–Trinajstić information content (AvgIpc) is 2.48. The van der Waals surface area contributed by atoms with E-state index < -0.39 is 17.2 Å². The minimum absolute atomic E-state index is 0.130. The van der Waals surface area contributed by atoms with Crippen LogP contribution in [0.4, 0.5) is 0 Å². The highest BCUT2D eigenvalue weighted by Gasteiger charge is 2.29. The topological polar surface area (TPSA) is 113 Å². The first-order valence-corrected chi connectivity index (χ1v) is 7.96. The van der Waals surface area contributed by atoms with E-state index in [2.05, 4.69) is 10.2 Å². The van der Waals surface area contributed by atoms with Crippen LogP contribution in [0.5, 0.6) is 0 Å². The fourth-order valence-electron chi connectivity index (χ4n) is 3.01. The van der Waals surface area contributed by atoms with Crippen LogP contribution < -0.4 is 15.8 Å². The summed E-state index contributed by atoms with van der Waals surface area (Å²) < 4.78 is 0.815. The molecule has 0 spiro atoms. The normalized spacial score (nSPS) is 13.5. The molecule has 0 aliphatic carbocycles. The molecule has 3 rings (SSSR count). The van der Waals surface area contributed by atoms with Crippen LogP contribution in [-0.4, -0.2) is 47.5 Å². The molecule has 0 radical (unpaired) electrons. The quantitative estimate of drug-likeness (QED) is 0.270. The number of pyridine rings is 1. The number of benzene rings is 1. The monoisotopic (exact) mass is 365 g/mol. The van der Waals surface area contributed by atoms with Crippen LogP contribution >= 0.6 is 11.6 Å². The predicted molar refractivity (Wildman–Crippen MR) is 94.5 cm³/mol. The van der Waals surface area contributed by atoms with Crippen molar-refractivity contribution < 1.29 is 14.3 Å². The number of aliphatic hydroxyl groups excluding tert-OH is 1. The van der Waals surface area contributed by atoms with Gasteiger partial charge in [0.05, 0.1) is 26.5 Å². The van der Waals surface area contributed by atoms with E-state index in [1.807, 2.05) is 21.1 Å². The van der Waals surface area contributed by atoms with Crippen molar-refractivity contribution in [1.82, 2.24) is 10.2 Å². The van der Waals surface area contributed by atoms with E-state index in [1.54, 1.807) is 0 Å². The molecular weight excluding hydrogens is 348 g/mol. The Bertz CT molecular complexity index is 1100. The highest BCUT2D eigenvalue weighted by molar-refractivity contribution is 6.31. The SMILES string of the molecule is C[N+](C)(C)CC(O)c1c2cc(Cl)ccc2[n+]([O-])c2c(=O)[nH][nH]c(=O)c12. The van der Waals surface area contributed by atoms with Crippen molar-refractivity contribution in [2.24, 2.45) is 0 Å². The first-order chi connectivity index (χ1) is 11.6. The van der Waals surface area contributed by atoms with E-state index in [4.69, 9.17) is 11.6 Å². The van der Waals surface area contributed by atoms with Gasteiger partial charge in [0, 0.05) is 16.7 Å². The number of fused-ring (bicyclic) bond motifs is 2. The van der Waals surface area contributed by atoms with Crippen LogP contribution in [0.2, 0.25) is 5.02 Å². The van der Waals surface area contributed by atoms with Gasteiger partial charge in [-0.05, 0) is 12.1 Å². The summed E-state index contributed by atoms with van der Waals surface area (Å²) in [5, 5.41) is 28.4. The van der Waals surface area contributed by atoms with Crippen molar-refractivity contribution in [3.63, 3.8) is 0 Å². The number of H-pyrrole nitrogens is 2. The Balaban J connectivity index is 2.56. The molecule has 2 aromatic heterocycles. The number of quaternary nitrogens is 1. The number of hydrogen-bond acceptors (Lipinski definition) is 4. The number of rotatable bonds is 3. The lowest BCUT2D eigenvalue weighted by molar-refractivity contribution is -0.874. The maximum absolute atomic E-state index is 12.6. The fourth-order valence-corrected chi connectivity index (χ4v) is 3.18. The Morgan fingerprint density at radius 1 is 1.24 bits per heavy atom. The molecule has 2 heterocycles. The third kappa shape index (κ3) is 2.99. The van der Waals surface area contributed by atoms with Crippen molar-refractivity contribution in [2.75, 3.05) is 27.7 Å². The van der Waals surface area contributed by atoms with E-state index in [1.165, 1.54) is 18.2 Å². The smallest absolute Gasteiger partial charge is 0.336 e. The van der Waals surface area contributed by atoms with E-state index in [-0.39, 0.29) is 28.5 Å². The zero-order chi connectivity index (χ0) is 18.5. The molecule has 8 nitrogen and oxygen atoms in total. The lowest BCUT2D eigenvalue weighted by Gasteiger charge is -2.27. The molecular formula is C16H18ClN4O4+. The molecule has 3 aromatic rings. The van der Waals surface area contributed by atoms with Gasteiger partial charge in [0.25, 0.3) is 11.1 Å². The van der Waals surface area contributed by atoms with Crippen LogP contribution in [0.15, 0.2) is 27.8 Å². The second-order valence-electron chi connectivity index (χ2n) is 6.99. The number of nitrogens with zero attached hydrogens (tertiary/aromatic N) is 2. The minimum atomic E-state index is -1.08. The number of halogens is 1. The van der Waals surface area contributed by atoms with Gasteiger partial charge in [-0.15, -0.1) is 0 Å². The van der Waals surface area contributed by atoms with Gasteiger partial charge in [0.2, 0.25) is 5.52 Å². The zero-order valence-corrected chi connectivity index (χ0v) is 14.7. The average molecular weight is 366 g/mol. The molecule has 0 aliphatic rings. The van der Waals surface area contributed by atoms with Gasteiger partial charge in [-0.1, -0.05) is 11.6 Å². The van der Waals surface area contributed by atoms with Crippen LogP contribution in [0, 0.1) is 5.21 Å². The summed E-state index contributed by atoms with van der Waals surface area (Å²) in [4.78, 5) is 24.5. The first-order valence-electron chi connectivity index (χ1n) is 7.58. The molecule has 0 fully saturated rings.